The summed E-state index contributed by atoms with van der Waals surface area (Å²) < 4.78 is 51.6. The van der Waals surface area contributed by atoms with E-state index in [1.54, 1.807) is 6.07 Å². The molecule has 0 amide bonds. The fraction of sp³-hybridized carbons (Fsp3) is 0.708. The van der Waals surface area contributed by atoms with Crippen LogP contribution in [0.1, 0.15) is 51.6 Å². The van der Waals surface area contributed by atoms with E-state index in [9.17, 15) is 13.2 Å². The smallest absolute Gasteiger partial charge is 0.433 e. The van der Waals surface area contributed by atoms with Gasteiger partial charge in [-0.25, -0.2) is 4.98 Å². The molecular formula is C24H34F3N3O2. The monoisotopic (exact) mass is 453 g/mol. The van der Waals surface area contributed by atoms with E-state index in [0.717, 1.165) is 76.1 Å². The summed E-state index contributed by atoms with van der Waals surface area (Å²) in [5.74, 6) is 1.84. The number of piperidine rings is 1. The van der Waals surface area contributed by atoms with Crippen LogP contribution in [0.3, 0.4) is 0 Å². The molecule has 2 saturated heterocycles. The zero-order valence-corrected chi connectivity index (χ0v) is 19.1. The van der Waals surface area contributed by atoms with Crippen molar-refractivity contribution in [2.75, 3.05) is 50.9 Å². The fourth-order valence-electron chi connectivity index (χ4n) is 5.64. The highest BCUT2D eigenvalue weighted by Crippen LogP contribution is 2.51. The molecule has 2 fully saturated rings. The maximum atomic E-state index is 13.3. The Kier molecular flexibility index (Phi) is 7.00. The molecule has 0 N–H and O–H groups in total. The third-order valence-electron chi connectivity index (χ3n) is 7.36. The SMILES string of the molecule is CCOCCN1CCC(C23CCOC(=C(CC)N(c4cccc(C(F)(F)F)n4)C2)C3)CC1. The van der Waals surface area contributed by atoms with Crippen LogP contribution in [0.2, 0.25) is 0 Å². The maximum absolute atomic E-state index is 13.3. The Morgan fingerprint density at radius 1 is 1.22 bits per heavy atom. The molecule has 5 nitrogen and oxygen atoms in total. The first-order chi connectivity index (χ1) is 15.4. The number of nitrogens with zero attached hydrogens (tertiary/aromatic N) is 3. The lowest BCUT2D eigenvalue weighted by Crippen LogP contribution is -2.52. The topological polar surface area (TPSA) is 37.8 Å². The summed E-state index contributed by atoms with van der Waals surface area (Å²) in [6, 6.07) is 4.19. The van der Waals surface area contributed by atoms with Gasteiger partial charge < -0.3 is 19.3 Å². The van der Waals surface area contributed by atoms with Crippen LogP contribution in [0, 0.1) is 11.3 Å². The van der Waals surface area contributed by atoms with Crippen LogP contribution in [0.15, 0.2) is 29.7 Å². The third kappa shape index (κ3) is 4.76. The molecule has 32 heavy (non-hydrogen) atoms. The molecule has 1 aromatic rings. The number of halogens is 3. The highest BCUT2D eigenvalue weighted by molar-refractivity contribution is 5.50. The maximum Gasteiger partial charge on any atom is 0.433 e. The highest BCUT2D eigenvalue weighted by Gasteiger charge is 2.48. The van der Waals surface area contributed by atoms with Gasteiger partial charge >= 0.3 is 6.18 Å². The lowest BCUT2D eigenvalue weighted by atomic mass is 9.64. The minimum atomic E-state index is -4.45. The molecule has 2 bridgehead atoms. The van der Waals surface area contributed by atoms with Gasteiger partial charge in [-0.05, 0) is 63.7 Å². The van der Waals surface area contributed by atoms with Crippen LogP contribution in [0.5, 0.6) is 0 Å². The van der Waals surface area contributed by atoms with Gasteiger partial charge in [0.05, 0.1) is 18.9 Å². The predicted molar refractivity (Wildman–Crippen MR) is 117 cm³/mol. The summed E-state index contributed by atoms with van der Waals surface area (Å²) in [5, 5.41) is 0. The van der Waals surface area contributed by atoms with E-state index in [1.807, 2.05) is 18.7 Å². The summed E-state index contributed by atoms with van der Waals surface area (Å²) in [5.41, 5.74) is 0.152. The Morgan fingerprint density at radius 3 is 2.69 bits per heavy atom. The van der Waals surface area contributed by atoms with Gasteiger partial charge in [0.2, 0.25) is 0 Å². The number of hydrogen-bond donors (Lipinski definition) is 0. The Labute approximate surface area is 188 Å². The molecule has 0 aliphatic carbocycles. The Hall–Kier alpha value is -1.80. The second kappa shape index (κ2) is 9.59. The van der Waals surface area contributed by atoms with E-state index < -0.39 is 11.9 Å². The number of rotatable bonds is 7. The molecule has 3 aliphatic rings. The van der Waals surface area contributed by atoms with Crippen molar-refractivity contribution in [2.24, 2.45) is 11.3 Å². The predicted octanol–water partition coefficient (Wildman–Crippen LogP) is 5.09. The zero-order valence-electron chi connectivity index (χ0n) is 19.1. The van der Waals surface area contributed by atoms with Gasteiger partial charge in [0.25, 0.3) is 0 Å². The first-order valence-electron chi connectivity index (χ1n) is 11.8. The Morgan fingerprint density at radius 2 is 2.00 bits per heavy atom. The van der Waals surface area contributed by atoms with Crippen LogP contribution in [-0.2, 0) is 15.7 Å². The van der Waals surface area contributed by atoms with Gasteiger partial charge in [-0.3, -0.25) is 0 Å². The van der Waals surface area contributed by atoms with Crippen LogP contribution in [-0.4, -0.2) is 55.9 Å². The van der Waals surface area contributed by atoms with Crippen LogP contribution < -0.4 is 4.90 Å². The summed E-state index contributed by atoms with van der Waals surface area (Å²) >= 11 is 0. The number of fused-ring (bicyclic) bond motifs is 2. The molecule has 178 valence electrons. The van der Waals surface area contributed by atoms with Crippen LogP contribution in [0.25, 0.3) is 0 Å². The zero-order chi connectivity index (χ0) is 22.8. The highest BCUT2D eigenvalue weighted by atomic mass is 19.4. The minimum absolute atomic E-state index is 0.0220. The van der Waals surface area contributed by atoms with Crippen LogP contribution >= 0.6 is 0 Å². The summed E-state index contributed by atoms with van der Waals surface area (Å²) in [7, 11) is 0. The number of ether oxygens (including phenoxy) is 2. The standard InChI is InChI=1S/C24H34F3N3O2/c1-3-19-20-16-23(10-14-32-20,18-8-11-29(12-9-18)13-15-31-4-2)17-30(19)22-7-5-6-21(28-22)24(25,26)27/h5-7,18H,3-4,8-17H2,1-2H3. The van der Waals surface area contributed by atoms with E-state index >= 15 is 0 Å². The summed E-state index contributed by atoms with van der Waals surface area (Å²) in [4.78, 5) is 8.48. The minimum Gasteiger partial charge on any atom is -0.496 e. The Balaban J connectivity index is 1.56. The normalized spacial score (nSPS) is 25.2. The van der Waals surface area contributed by atoms with Crippen molar-refractivity contribution in [3.8, 4) is 0 Å². The van der Waals surface area contributed by atoms with Crippen molar-refractivity contribution in [2.45, 2.75) is 52.1 Å². The van der Waals surface area contributed by atoms with E-state index in [1.165, 1.54) is 6.07 Å². The van der Waals surface area contributed by atoms with Gasteiger partial charge in [-0.1, -0.05) is 13.0 Å². The lowest BCUT2D eigenvalue weighted by molar-refractivity contribution is -0.141. The van der Waals surface area contributed by atoms with Gasteiger partial charge in [0.1, 0.15) is 17.3 Å². The molecule has 1 atom stereocenters. The number of alkyl halides is 3. The van der Waals surface area contributed by atoms with E-state index in [2.05, 4.69) is 9.88 Å². The van der Waals surface area contributed by atoms with Gasteiger partial charge in [0.15, 0.2) is 0 Å². The third-order valence-corrected chi connectivity index (χ3v) is 7.36. The molecule has 1 unspecified atom stereocenters. The molecule has 4 heterocycles. The number of pyridine rings is 1. The van der Waals surface area contributed by atoms with Crippen molar-refractivity contribution < 1.29 is 22.6 Å². The first kappa shape index (κ1) is 23.4. The van der Waals surface area contributed by atoms with Crippen molar-refractivity contribution in [1.29, 1.82) is 0 Å². The molecule has 3 aliphatic heterocycles. The van der Waals surface area contributed by atoms with E-state index in [-0.39, 0.29) is 5.41 Å². The van der Waals surface area contributed by atoms with Crippen molar-refractivity contribution in [1.82, 2.24) is 9.88 Å². The summed E-state index contributed by atoms with van der Waals surface area (Å²) in [6.45, 7) is 10.0. The second-order valence-corrected chi connectivity index (χ2v) is 9.14. The molecule has 1 aromatic heterocycles. The number of allylic oxidation sites excluding steroid dienone is 2. The quantitative estimate of drug-likeness (QED) is 0.538. The Bertz CT molecular complexity index is 821. The first-order valence-corrected chi connectivity index (χ1v) is 11.8. The molecule has 0 saturated carbocycles. The average molecular weight is 454 g/mol. The largest absolute Gasteiger partial charge is 0.496 e. The molecule has 8 heteroatoms. The van der Waals surface area contributed by atoms with Crippen LogP contribution in [0.4, 0.5) is 19.0 Å². The fourth-order valence-corrected chi connectivity index (χ4v) is 5.64. The lowest BCUT2D eigenvalue weighted by Gasteiger charge is -2.53. The van der Waals surface area contributed by atoms with Crippen molar-refractivity contribution >= 4 is 5.82 Å². The molecular weight excluding hydrogens is 419 g/mol. The number of hydrogen-bond acceptors (Lipinski definition) is 5. The number of anilines is 1. The second-order valence-electron chi connectivity index (χ2n) is 9.14. The number of likely N-dealkylation sites (tertiary alicyclic amines) is 1. The van der Waals surface area contributed by atoms with Crippen molar-refractivity contribution in [3.63, 3.8) is 0 Å². The van der Waals surface area contributed by atoms with E-state index in [0.29, 0.717) is 31.3 Å². The molecule has 4 rings (SSSR count). The van der Waals surface area contributed by atoms with E-state index in [4.69, 9.17) is 9.47 Å². The molecule has 0 radical (unpaired) electrons. The van der Waals surface area contributed by atoms with Crippen molar-refractivity contribution in [3.05, 3.63) is 35.3 Å². The molecule has 0 spiro atoms. The average Bonchev–Trinajstić information content (AvgIpc) is 2.79. The summed E-state index contributed by atoms with van der Waals surface area (Å²) in [6.07, 6.45) is 0.278. The van der Waals surface area contributed by atoms with Gasteiger partial charge in [0, 0.05) is 31.5 Å². The van der Waals surface area contributed by atoms with Gasteiger partial charge in [-0.15, -0.1) is 0 Å². The molecule has 0 aromatic carbocycles. The van der Waals surface area contributed by atoms with Gasteiger partial charge in [-0.2, -0.15) is 13.2 Å². The number of aromatic nitrogens is 1.